The van der Waals surface area contributed by atoms with Gasteiger partial charge in [0, 0.05) is 10.9 Å². The molecule has 3 aromatic heterocycles. The van der Waals surface area contributed by atoms with E-state index in [-0.39, 0.29) is 11.6 Å². The van der Waals surface area contributed by atoms with Crippen LogP contribution in [0, 0.1) is 11.3 Å². The van der Waals surface area contributed by atoms with Crippen molar-refractivity contribution in [2.24, 2.45) is 0 Å². The SMILES string of the molecule is N#Cc1nn(C(=O)c2cccs2)c2[nH]c3ccccc3c12. The van der Waals surface area contributed by atoms with Crippen molar-refractivity contribution in [2.45, 2.75) is 0 Å². The molecule has 0 atom stereocenters. The molecule has 0 fully saturated rings. The van der Waals surface area contributed by atoms with Crippen LogP contribution in [-0.4, -0.2) is 20.7 Å². The molecular weight excluding hydrogens is 284 g/mol. The summed E-state index contributed by atoms with van der Waals surface area (Å²) in [6.45, 7) is 0. The zero-order valence-electron chi connectivity index (χ0n) is 10.7. The van der Waals surface area contributed by atoms with Crippen molar-refractivity contribution >= 4 is 39.2 Å². The molecule has 3 heterocycles. The van der Waals surface area contributed by atoms with Gasteiger partial charge in [0.15, 0.2) is 5.69 Å². The molecule has 1 aromatic carbocycles. The number of aromatic amines is 1. The van der Waals surface area contributed by atoms with Gasteiger partial charge in [-0.05, 0) is 17.5 Å². The lowest BCUT2D eigenvalue weighted by Gasteiger charge is -1.97. The summed E-state index contributed by atoms with van der Waals surface area (Å²) < 4.78 is 1.28. The van der Waals surface area contributed by atoms with Gasteiger partial charge < -0.3 is 4.98 Å². The summed E-state index contributed by atoms with van der Waals surface area (Å²) in [6.07, 6.45) is 0. The molecule has 0 bridgehead atoms. The van der Waals surface area contributed by atoms with Gasteiger partial charge in [0.25, 0.3) is 5.91 Å². The molecule has 4 rings (SSSR count). The number of para-hydroxylation sites is 1. The van der Waals surface area contributed by atoms with Gasteiger partial charge in [0.2, 0.25) is 0 Å². The maximum atomic E-state index is 12.5. The summed E-state index contributed by atoms with van der Waals surface area (Å²) in [5, 5.41) is 16.9. The van der Waals surface area contributed by atoms with Crippen molar-refractivity contribution in [1.82, 2.24) is 14.8 Å². The number of fused-ring (bicyclic) bond motifs is 3. The van der Waals surface area contributed by atoms with Gasteiger partial charge in [0.05, 0.1) is 10.3 Å². The van der Waals surface area contributed by atoms with Gasteiger partial charge in [-0.1, -0.05) is 24.3 Å². The Hall–Kier alpha value is -2.91. The largest absolute Gasteiger partial charge is 0.339 e. The van der Waals surface area contributed by atoms with Crippen LogP contribution in [0.5, 0.6) is 0 Å². The van der Waals surface area contributed by atoms with Crippen LogP contribution < -0.4 is 0 Å². The first-order chi connectivity index (χ1) is 10.3. The highest BCUT2D eigenvalue weighted by atomic mass is 32.1. The summed E-state index contributed by atoms with van der Waals surface area (Å²) in [5.74, 6) is -0.233. The van der Waals surface area contributed by atoms with E-state index in [0.717, 1.165) is 10.9 Å². The number of thiophene rings is 1. The van der Waals surface area contributed by atoms with Gasteiger partial charge in [-0.2, -0.15) is 15.0 Å². The lowest BCUT2D eigenvalue weighted by molar-refractivity contribution is 0.0954. The third-order valence-corrected chi connectivity index (χ3v) is 4.22. The van der Waals surface area contributed by atoms with Crippen molar-refractivity contribution in [3.63, 3.8) is 0 Å². The van der Waals surface area contributed by atoms with Crippen LogP contribution >= 0.6 is 11.3 Å². The number of H-pyrrole nitrogens is 1. The third-order valence-electron chi connectivity index (χ3n) is 3.37. The number of nitrogens with one attached hydrogen (secondary N) is 1. The average Bonchev–Trinajstić information content (AvgIpc) is 3.21. The number of nitrogens with zero attached hydrogens (tertiary/aromatic N) is 3. The van der Waals surface area contributed by atoms with Crippen molar-refractivity contribution in [3.8, 4) is 6.07 Å². The molecule has 21 heavy (non-hydrogen) atoms. The van der Waals surface area contributed by atoms with Crippen molar-refractivity contribution in [2.75, 3.05) is 0 Å². The first kappa shape index (κ1) is 11.9. The molecule has 0 aliphatic carbocycles. The van der Waals surface area contributed by atoms with Crippen molar-refractivity contribution < 1.29 is 4.79 Å². The Morgan fingerprint density at radius 3 is 2.90 bits per heavy atom. The minimum atomic E-state index is -0.233. The summed E-state index contributed by atoms with van der Waals surface area (Å²) in [6, 6.07) is 13.3. The number of nitriles is 1. The fourth-order valence-corrected chi connectivity index (χ4v) is 3.10. The highest BCUT2D eigenvalue weighted by Crippen LogP contribution is 2.28. The van der Waals surface area contributed by atoms with E-state index in [9.17, 15) is 10.1 Å². The van der Waals surface area contributed by atoms with Crippen LogP contribution in [0.3, 0.4) is 0 Å². The van der Waals surface area contributed by atoms with Crippen molar-refractivity contribution in [3.05, 3.63) is 52.3 Å². The van der Waals surface area contributed by atoms with E-state index in [2.05, 4.69) is 16.2 Å². The highest BCUT2D eigenvalue weighted by Gasteiger charge is 2.21. The Bertz CT molecular complexity index is 1020. The summed E-state index contributed by atoms with van der Waals surface area (Å²) >= 11 is 1.35. The average molecular weight is 292 g/mol. The minimum absolute atomic E-state index is 0.233. The summed E-state index contributed by atoms with van der Waals surface area (Å²) in [5.41, 5.74) is 1.70. The Balaban J connectivity index is 2.07. The molecule has 0 aliphatic heterocycles. The normalized spacial score (nSPS) is 11.0. The number of aromatic nitrogens is 3. The second-order valence-corrected chi connectivity index (χ2v) is 5.50. The molecule has 100 valence electrons. The second-order valence-electron chi connectivity index (χ2n) is 4.55. The molecule has 0 spiro atoms. The molecule has 6 heteroatoms. The van der Waals surface area contributed by atoms with E-state index in [0.29, 0.717) is 15.9 Å². The number of hydrogen-bond donors (Lipinski definition) is 1. The first-order valence-corrected chi connectivity index (χ1v) is 7.15. The fraction of sp³-hybridized carbons (Fsp3) is 0. The lowest BCUT2D eigenvalue weighted by atomic mass is 10.2. The predicted octanol–water partition coefficient (Wildman–Crippen LogP) is 3.14. The van der Waals surface area contributed by atoms with E-state index in [1.807, 2.05) is 35.7 Å². The van der Waals surface area contributed by atoms with E-state index in [1.54, 1.807) is 6.07 Å². The van der Waals surface area contributed by atoms with Crippen LogP contribution in [0.1, 0.15) is 15.4 Å². The molecule has 4 aromatic rings. The van der Waals surface area contributed by atoms with E-state index in [1.165, 1.54) is 16.0 Å². The second kappa shape index (κ2) is 4.30. The van der Waals surface area contributed by atoms with Crippen LogP contribution in [0.4, 0.5) is 0 Å². The van der Waals surface area contributed by atoms with Crippen molar-refractivity contribution in [1.29, 1.82) is 5.26 Å². The standard InChI is InChI=1S/C15H8N4OS/c16-8-11-13-9-4-1-2-5-10(9)17-14(13)19(18-11)15(20)12-6-3-7-21-12/h1-7,17H. The van der Waals surface area contributed by atoms with Crippen LogP contribution in [0.25, 0.3) is 21.9 Å². The molecule has 0 radical (unpaired) electrons. The number of carbonyl (C=O) groups is 1. The molecule has 0 saturated carbocycles. The highest BCUT2D eigenvalue weighted by molar-refractivity contribution is 7.12. The molecule has 1 N–H and O–H groups in total. The maximum absolute atomic E-state index is 12.5. The molecule has 0 saturated heterocycles. The molecule has 0 unspecified atom stereocenters. The molecule has 5 nitrogen and oxygen atoms in total. The third kappa shape index (κ3) is 1.61. The quantitative estimate of drug-likeness (QED) is 0.585. The predicted molar refractivity (Wildman–Crippen MR) is 80.4 cm³/mol. The first-order valence-electron chi connectivity index (χ1n) is 6.27. The summed E-state index contributed by atoms with van der Waals surface area (Å²) in [7, 11) is 0. The van der Waals surface area contributed by atoms with E-state index in [4.69, 9.17) is 0 Å². The number of hydrogen-bond acceptors (Lipinski definition) is 4. The summed E-state index contributed by atoms with van der Waals surface area (Å²) in [4.78, 5) is 16.3. The Morgan fingerprint density at radius 1 is 1.29 bits per heavy atom. The Kier molecular flexibility index (Phi) is 2.43. The fourth-order valence-electron chi connectivity index (χ4n) is 2.46. The van der Waals surface area contributed by atoms with Gasteiger partial charge >= 0.3 is 0 Å². The zero-order valence-corrected chi connectivity index (χ0v) is 11.5. The number of carbonyl (C=O) groups excluding carboxylic acids is 1. The van der Waals surface area contributed by atoms with Gasteiger partial charge in [-0.3, -0.25) is 4.79 Å². The maximum Gasteiger partial charge on any atom is 0.290 e. The monoisotopic (exact) mass is 292 g/mol. The van der Waals surface area contributed by atoms with Gasteiger partial charge in [-0.15, -0.1) is 11.3 Å². The van der Waals surface area contributed by atoms with Crippen LogP contribution in [0.2, 0.25) is 0 Å². The van der Waals surface area contributed by atoms with E-state index >= 15 is 0 Å². The van der Waals surface area contributed by atoms with Crippen LogP contribution in [0.15, 0.2) is 41.8 Å². The molecular formula is C15H8N4OS. The smallest absolute Gasteiger partial charge is 0.290 e. The lowest BCUT2D eigenvalue weighted by Crippen LogP contribution is -2.12. The van der Waals surface area contributed by atoms with E-state index < -0.39 is 0 Å². The van der Waals surface area contributed by atoms with Gasteiger partial charge in [0.1, 0.15) is 11.7 Å². The minimum Gasteiger partial charge on any atom is -0.339 e. The topological polar surface area (TPSA) is 74.5 Å². The molecule has 0 aliphatic rings. The number of benzene rings is 1. The zero-order chi connectivity index (χ0) is 14.4. The van der Waals surface area contributed by atoms with Crippen LogP contribution in [-0.2, 0) is 0 Å². The molecule has 0 amide bonds. The number of rotatable bonds is 1. The van der Waals surface area contributed by atoms with Gasteiger partial charge in [-0.25, -0.2) is 0 Å². The Labute approximate surface area is 123 Å². The Morgan fingerprint density at radius 2 is 2.14 bits per heavy atom.